The van der Waals surface area contributed by atoms with Crippen LogP contribution in [0.5, 0.6) is 0 Å². The van der Waals surface area contributed by atoms with Crippen LogP contribution in [0, 0.1) is 18.3 Å². The molecule has 0 N–H and O–H groups in total. The summed E-state index contributed by atoms with van der Waals surface area (Å²) in [6.45, 7) is 0. The molecule has 0 fully saturated rings. The Bertz CT molecular complexity index is 448. The summed E-state index contributed by atoms with van der Waals surface area (Å²) in [5.41, 5.74) is 2.06. The molecular weight excluding hydrogens is 196 g/mol. The molecule has 0 saturated heterocycles. The normalized spacial score (nSPS) is 17.4. The molecule has 0 heterocycles. The highest BCUT2D eigenvalue weighted by Gasteiger charge is 2.31. The lowest BCUT2D eigenvalue weighted by Crippen LogP contribution is -2.03. The minimum absolute atomic E-state index is 0.0557. The van der Waals surface area contributed by atoms with Crippen molar-refractivity contribution in [1.82, 2.24) is 0 Å². The summed E-state index contributed by atoms with van der Waals surface area (Å²) < 4.78 is 0. The summed E-state index contributed by atoms with van der Waals surface area (Å²) in [5.74, 6) is 2.89. The van der Waals surface area contributed by atoms with Gasteiger partial charge in [0.05, 0.1) is 5.92 Å². The number of rotatable bonds is 5. The van der Waals surface area contributed by atoms with Crippen molar-refractivity contribution in [2.45, 2.75) is 19.3 Å². The van der Waals surface area contributed by atoms with Crippen molar-refractivity contribution in [3.63, 3.8) is 0 Å². The number of allylic oxidation sites excluding steroid dienone is 2. The number of terminal acetylenes is 1. The second kappa shape index (κ2) is 4.81. The first kappa shape index (κ1) is 10.7. The van der Waals surface area contributed by atoms with E-state index in [1.807, 2.05) is 36.4 Å². The summed E-state index contributed by atoms with van der Waals surface area (Å²) in [6.07, 6.45) is 9.98. The van der Waals surface area contributed by atoms with E-state index in [-0.39, 0.29) is 11.7 Å². The lowest BCUT2D eigenvalue weighted by atomic mass is 10.0. The zero-order valence-electron chi connectivity index (χ0n) is 9.15. The van der Waals surface area contributed by atoms with Gasteiger partial charge in [-0.05, 0) is 12.8 Å². The Hall–Kier alpha value is -1.81. The molecule has 1 aliphatic rings. The quantitative estimate of drug-likeness (QED) is 0.315. The lowest BCUT2D eigenvalue weighted by molar-refractivity contribution is 0.0974. The minimum atomic E-state index is 0.0557. The summed E-state index contributed by atoms with van der Waals surface area (Å²) in [7, 11) is 0. The van der Waals surface area contributed by atoms with E-state index in [9.17, 15) is 4.79 Å². The maximum absolute atomic E-state index is 12.0. The zero-order valence-corrected chi connectivity index (χ0v) is 9.15. The van der Waals surface area contributed by atoms with E-state index in [4.69, 9.17) is 6.42 Å². The number of hydrogen-bond donors (Lipinski definition) is 0. The summed E-state index contributed by atoms with van der Waals surface area (Å²) >= 11 is 0. The molecule has 1 atom stereocenters. The van der Waals surface area contributed by atoms with Crippen LogP contribution in [-0.2, 0) is 0 Å². The third-order valence-electron chi connectivity index (χ3n) is 2.80. The molecule has 2 rings (SSSR count). The fraction of sp³-hybridized carbons (Fsp3) is 0.267. The van der Waals surface area contributed by atoms with Gasteiger partial charge in [-0.1, -0.05) is 42.0 Å². The summed E-state index contributed by atoms with van der Waals surface area (Å²) in [5, 5.41) is 0. The van der Waals surface area contributed by atoms with Crippen molar-refractivity contribution in [3.05, 3.63) is 47.5 Å². The Kier molecular flexibility index (Phi) is 3.22. The Morgan fingerprint density at radius 3 is 2.75 bits per heavy atom. The third kappa shape index (κ3) is 2.41. The van der Waals surface area contributed by atoms with Gasteiger partial charge in [-0.15, -0.1) is 12.3 Å². The van der Waals surface area contributed by atoms with Gasteiger partial charge < -0.3 is 0 Å². The molecule has 1 heteroatoms. The molecule has 1 aliphatic carbocycles. The fourth-order valence-corrected chi connectivity index (χ4v) is 1.83. The molecule has 1 unspecified atom stereocenters. The van der Waals surface area contributed by atoms with Crippen molar-refractivity contribution >= 4 is 5.78 Å². The van der Waals surface area contributed by atoms with Gasteiger partial charge >= 0.3 is 0 Å². The predicted molar refractivity (Wildman–Crippen MR) is 65.0 cm³/mol. The summed E-state index contributed by atoms with van der Waals surface area (Å²) in [4.78, 5) is 12.0. The number of hydrogen-bond acceptors (Lipinski definition) is 1. The maximum atomic E-state index is 12.0. The van der Waals surface area contributed by atoms with Crippen LogP contribution in [0.25, 0.3) is 0 Å². The molecule has 80 valence electrons. The number of carbonyl (C=O) groups is 1. The molecular formula is C15H14O. The SMILES string of the molecule is C#CCCCC1=CC1C(=O)c1ccccc1. The molecule has 0 spiro atoms. The molecule has 1 aromatic carbocycles. The van der Waals surface area contributed by atoms with Gasteiger partial charge in [-0.25, -0.2) is 0 Å². The van der Waals surface area contributed by atoms with E-state index in [1.165, 1.54) is 5.57 Å². The van der Waals surface area contributed by atoms with E-state index in [0.29, 0.717) is 0 Å². The van der Waals surface area contributed by atoms with Crippen molar-refractivity contribution < 1.29 is 4.79 Å². The zero-order chi connectivity index (χ0) is 11.4. The van der Waals surface area contributed by atoms with Gasteiger partial charge in [-0.2, -0.15) is 0 Å². The van der Waals surface area contributed by atoms with E-state index in [0.717, 1.165) is 24.8 Å². The summed E-state index contributed by atoms with van der Waals surface area (Å²) in [6, 6.07) is 9.45. The Balaban J connectivity index is 1.85. The lowest BCUT2D eigenvalue weighted by Gasteiger charge is -2.00. The maximum Gasteiger partial charge on any atom is 0.173 e. The number of carbonyl (C=O) groups excluding carboxylic acids is 1. The molecule has 16 heavy (non-hydrogen) atoms. The topological polar surface area (TPSA) is 17.1 Å². The predicted octanol–water partition coefficient (Wildman–Crippen LogP) is 3.23. The second-order valence-corrected chi connectivity index (χ2v) is 4.01. The van der Waals surface area contributed by atoms with Gasteiger partial charge in [0.15, 0.2) is 5.78 Å². The highest BCUT2D eigenvalue weighted by atomic mass is 16.1. The van der Waals surface area contributed by atoms with Gasteiger partial charge in [-0.3, -0.25) is 4.79 Å². The van der Waals surface area contributed by atoms with Crippen LogP contribution in [-0.4, -0.2) is 5.78 Å². The van der Waals surface area contributed by atoms with Crippen molar-refractivity contribution in [1.29, 1.82) is 0 Å². The Labute approximate surface area is 96.2 Å². The first-order valence-electron chi connectivity index (χ1n) is 5.56. The molecule has 0 aliphatic heterocycles. The second-order valence-electron chi connectivity index (χ2n) is 4.01. The van der Waals surface area contributed by atoms with E-state index in [1.54, 1.807) is 0 Å². The van der Waals surface area contributed by atoms with Gasteiger partial charge in [0.25, 0.3) is 0 Å². The van der Waals surface area contributed by atoms with Gasteiger partial charge in [0, 0.05) is 12.0 Å². The van der Waals surface area contributed by atoms with Crippen LogP contribution in [0.15, 0.2) is 42.0 Å². The molecule has 0 saturated carbocycles. The average Bonchev–Trinajstić information content (AvgIpc) is 3.09. The van der Waals surface area contributed by atoms with Crippen molar-refractivity contribution in [2.24, 2.45) is 5.92 Å². The highest BCUT2D eigenvalue weighted by Crippen LogP contribution is 2.35. The van der Waals surface area contributed by atoms with Crippen LogP contribution in [0.4, 0.5) is 0 Å². The van der Waals surface area contributed by atoms with Crippen LogP contribution in [0.1, 0.15) is 29.6 Å². The van der Waals surface area contributed by atoms with Crippen molar-refractivity contribution in [3.8, 4) is 12.3 Å². The van der Waals surface area contributed by atoms with Crippen LogP contribution >= 0.6 is 0 Å². The average molecular weight is 210 g/mol. The van der Waals surface area contributed by atoms with E-state index < -0.39 is 0 Å². The van der Waals surface area contributed by atoms with Gasteiger partial charge in [0.2, 0.25) is 0 Å². The van der Waals surface area contributed by atoms with Gasteiger partial charge in [0.1, 0.15) is 0 Å². The molecule has 0 radical (unpaired) electrons. The fourth-order valence-electron chi connectivity index (χ4n) is 1.83. The smallest absolute Gasteiger partial charge is 0.173 e. The van der Waals surface area contributed by atoms with Crippen LogP contribution in [0.3, 0.4) is 0 Å². The highest BCUT2D eigenvalue weighted by molar-refractivity contribution is 6.03. The molecule has 1 nitrogen and oxygen atoms in total. The number of unbranched alkanes of at least 4 members (excludes halogenated alkanes) is 1. The first-order valence-corrected chi connectivity index (χ1v) is 5.56. The molecule has 0 bridgehead atoms. The Morgan fingerprint density at radius 2 is 2.06 bits per heavy atom. The largest absolute Gasteiger partial charge is 0.293 e. The number of ketones is 1. The standard InChI is InChI=1S/C15H14O/c1-2-3-5-10-13-11-14(13)15(16)12-8-6-4-7-9-12/h1,4,6-9,11,14H,3,5,10H2. The van der Waals surface area contributed by atoms with E-state index >= 15 is 0 Å². The number of benzene rings is 1. The van der Waals surface area contributed by atoms with Crippen molar-refractivity contribution in [2.75, 3.05) is 0 Å². The molecule has 0 amide bonds. The molecule has 1 aromatic rings. The first-order chi connectivity index (χ1) is 7.83. The minimum Gasteiger partial charge on any atom is -0.293 e. The van der Waals surface area contributed by atoms with Crippen LogP contribution < -0.4 is 0 Å². The monoisotopic (exact) mass is 210 g/mol. The van der Waals surface area contributed by atoms with E-state index in [2.05, 4.69) is 5.92 Å². The molecule has 0 aromatic heterocycles. The third-order valence-corrected chi connectivity index (χ3v) is 2.80. The number of Topliss-reactive ketones (excluding diaryl/α,β-unsaturated/α-hetero) is 1. The van der Waals surface area contributed by atoms with Crippen LogP contribution in [0.2, 0.25) is 0 Å². The Morgan fingerprint density at radius 1 is 1.31 bits per heavy atom.